The fourth-order valence-electron chi connectivity index (χ4n) is 1.59. The molecule has 1 aromatic rings. The molecule has 0 bridgehead atoms. The van der Waals surface area contributed by atoms with E-state index in [1.165, 1.54) is 0 Å². The molecule has 0 amide bonds. The van der Waals surface area contributed by atoms with Crippen LogP contribution >= 0.6 is 0 Å². The maximum atomic E-state index is 11.5. The Morgan fingerprint density at radius 3 is 2.33 bits per heavy atom. The molecule has 0 saturated carbocycles. The van der Waals surface area contributed by atoms with Gasteiger partial charge >= 0.3 is 5.97 Å². The fraction of sp³-hybridized carbons (Fsp3) is 0.308. The van der Waals surface area contributed by atoms with E-state index in [4.69, 9.17) is 4.74 Å². The second kappa shape index (κ2) is 3.23. The highest BCUT2D eigenvalue weighted by Gasteiger charge is 2.26. The summed E-state index contributed by atoms with van der Waals surface area (Å²) in [6.45, 7) is 6.23. The second-order valence-electron chi connectivity index (χ2n) is 4.81. The highest BCUT2D eigenvalue weighted by Crippen LogP contribution is 2.32. The monoisotopic (exact) mass is 202 g/mol. The number of allylic oxidation sites excluding steroid dienone is 1. The average molecular weight is 202 g/mol. The fourth-order valence-corrected chi connectivity index (χ4v) is 1.59. The number of benzene rings is 1. The van der Waals surface area contributed by atoms with Crippen molar-refractivity contribution in [2.45, 2.75) is 20.8 Å². The number of cyclic esters (lactones) is 1. The van der Waals surface area contributed by atoms with Crippen LogP contribution in [0, 0.1) is 5.41 Å². The Kier molecular flexibility index (Phi) is 2.14. The SMILES string of the molecule is CC(C)(C)C=C1OC(=O)c2ccccc21. The molecule has 2 heteroatoms. The molecule has 0 aliphatic carbocycles. The molecule has 0 spiro atoms. The number of carbonyl (C=O) groups is 1. The summed E-state index contributed by atoms with van der Waals surface area (Å²) in [5, 5.41) is 0. The van der Waals surface area contributed by atoms with Gasteiger partial charge in [0.1, 0.15) is 5.76 Å². The lowest BCUT2D eigenvalue weighted by atomic mass is 9.94. The van der Waals surface area contributed by atoms with Gasteiger partial charge in [-0.25, -0.2) is 4.79 Å². The topological polar surface area (TPSA) is 26.3 Å². The van der Waals surface area contributed by atoms with E-state index in [9.17, 15) is 4.79 Å². The van der Waals surface area contributed by atoms with Crippen LogP contribution in [0.25, 0.3) is 5.76 Å². The lowest BCUT2D eigenvalue weighted by Crippen LogP contribution is -2.01. The van der Waals surface area contributed by atoms with E-state index in [2.05, 4.69) is 20.8 Å². The van der Waals surface area contributed by atoms with Crippen LogP contribution < -0.4 is 0 Å². The zero-order chi connectivity index (χ0) is 11.1. The number of hydrogen-bond acceptors (Lipinski definition) is 2. The van der Waals surface area contributed by atoms with Crippen molar-refractivity contribution in [2.75, 3.05) is 0 Å². The summed E-state index contributed by atoms with van der Waals surface area (Å²) < 4.78 is 5.23. The van der Waals surface area contributed by atoms with Crippen LogP contribution in [0.4, 0.5) is 0 Å². The van der Waals surface area contributed by atoms with Crippen molar-refractivity contribution in [3.63, 3.8) is 0 Å². The molecule has 0 unspecified atom stereocenters. The number of ether oxygens (including phenoxy) is 1. The van der Waals surface area contributed by atoms with Gasteiger partial charge in [0.25, 0.3) is 0 Å². The molecule has 1 aliphatic rings. The molecule has 78 valence electrons. The molecule has 1 heterocycles. The smallest absolute Gasteiger partial charge is 0.344 e. The minimum atomic E-state index is -0.249. The Hall–Kier alpha value is -1.57. The van der Waals surface area contributed by atoms with Crippen LogP contribution in [0.3, 0.4) is 0 Å². The third kappa shape index (κ3) is 1.94. The normalized spacial score (nSPS) is 17.8. The van der Waals surface area contributed by atoms with Gasteiger partial charge in [0, 0.05) is 5.56 Å². The Morgan fingerprint density at radius 2 is 1.73 bits per heavy atom. The number of hydrogen-bond donors (Lipinski definition) is 0. The third-order valence-corrected chi connectivity index (χ3v) is 2.18. The molecular weight excluding hydrogens is 188 g/mol. The molecule has 0 fully saturated rings. The molecule has 0 N–H and O–H groups in total. The lowest BCUT2D eigenvalue weighted by molar-refractivity contribution is 0.0714. The largest absolute Gasteiger partial charge is 0.423 e. The van der Waals surface area contributed by atoms with Crippen LogP contribution in [-0.4, -0.2) is 5.97 Å². The molecule has 2 nitrogen and oxygen atoms in total. The number of esters is 1. The predicted octanol–water partition coefficient (Wildman–Crippen LogP) is 3.24. The predicted molar refractivity (Wildman–Crippen MR) is 59.3 cm³/mol. The van der Waals surface area contributed by atoms with Gasteiger partial charge in [-0.15, -0.1) is 0 Å². The second-order valence-corrected chi connectivity index (χ2v) is 4.81. The Labute approximate surface area is 89.6 Å². The van der Waals surface area contributed by atoms with Crippen molar-refractivity contribution in [1.82, 2.24) is 0 Å². The summed E-state index contributed by atoms with van der Waals surface area (Å²) in [7, 11) is 0. The third-order valence-electron chi connectivity index (χ3n) is 2.18. The first-order valence-electron chi connectivity index (χ1n) is 5.02. The molecule has 0 radical (unpaired) electrons. The van der Waals surface area contributed by atoms with Crippen molar-refractivity contribution < 1.29 is 9.53 Å². The Balaban J connectivity index is 2.50. The number of fused-ring (bicyclic) bond motifs is 1. The van der Waals surface area contributed by atoms with E-state index in [-0.39, 0.29) is 11.4 Å². The van der Waals surface area contributed by atoms with Crippen LogP contribution in [-0.2, 0) is 4.74 Å². The number of rotatable bonds is 0. The minimum absolute atomic E-state index is 0.00701. The van der Waals surface area contributed by atoms with E-state index in [0.29, 0.717) is 11.3 Å². The van der Waals surface area contributed by atoms with Crippen LogP contribution in [0.1, 0.15) is 36.7 Å². The Morgan fingerprint density at radius 1 is 1.13 bits per heavy atom. The van der Waals surface area contributed by atoms with Crippen LogP contribution in [0.5, 0.6) is 0 Å². The van der Waals surface area contributed by atoms with Crippen molar-refractivity contribution >= 4 is 11.7 Å². The van der Waals surface area contributed by atoms with E-state index < -0.39 is 0 Å². The maximum absolute atomic E-state index is 11.5. The molecule has 15 heavy (non-hydrogen) atoms. The quantitative estimate of drug-likeness (QED) is 0.604. The molecule has 1 aliphatic heterocycles. The molecule has 0 atom stereocenters. The molecule has 1 aromatic carbocycles. The summed E-state index contributed by atoms with van der Waals surface area (Å²) in [5.41, 5.74) is 1.57. The molecular formula is C13H14O2. The van der Waals surface area contributed by atoms with E-state index in [0.717, 1.165) is 5.56 Å². The summed E-state index contributed by atoms with van der Waals surface area (Å²) in [4.78, 5) is 11.5. The first-order valence-corrected chi connectivity index (χ1v) is 5.02. The summed E-state index contributed by atoms with van der Waals surface area (Å²) in [6.07, 6.45) is 1.98. The summed E-state index contributed by atoms with van der Waals surface area (Å²) in [5.74, 6) is 0.434. The first kappa shape index (κ1) is 9.97. The lowest BCUT2D eigenvalue weighted by Gasteiger charge is -2.12. The molecule has 0 aromatic heterocycles. The van der Waals surface area contributed by atoms with Gasteiger partial charge in [-0.05, 0) is 17.6 Å². The average Bonchev–Trinajstić information content (AvgIpc) is 2.42. The standard InChI is InChI=1S/C13H14O2/c1-13(2,3)8-11-9-6-4-5-7-10(9)12(14)15-11/h4-8H,1-3H3. The van der Waals surface area contributed by atoms with Gasteiger partial charge in [-0.2, -0.15) is 0 Å². The number of carbonyl (C=O) groups excluding carboxylic acids is 1. The first-order chi connectivity index (χ1) is 6.97. The van der Waals surface area contributed by atoms with Crippen molar-refractivity contribution in [1.29, 1.82) is 0 Å². The van der Waals surface area contributed by atoms with Crippen LogP contribution in [0.2, 0.25) is 0 Å². The molecule has 2 rings (SSSR count). The zero-order valence-corrected chi connectivity index (χ0v) is 9.20. The summed E-state index contributed by atoms with van der Waals surface area (Å²) >= 11 is 0. The van der Waals surface area contributed by atoms with Gasteiger partial charge in [0.05, 0.1) is 5.56 Å². The van der Waals surface area contributed by atoms with Gasteiger partial charge in [-0.1, -0.05) is 39.0 Å². The zero-order valence-electron chi connectivity index (χ0n) is 9.20. The van der Waals surface area contributed by atoms with Gasteiger partial charge in [0.15, 0.2) is 0 Å². The van der Waals surface area contributed by atoms with Gasteiger partial charge < -0.3 is 4.74 Å². The van der Waals surface area contributed by atoms with E-state index in [1.807, 2.05) is 24.3 Å². The van der Waals surface area contributed by atoms with Gasteiger partial charge in [-0.3, -0.25) is 0 Å². The van der Waals surface area contributed by atoms with Gasteiger partial charge in [0.2, 0.25) is 0 Å². The van der Waals surface area contributed by atoms with E-state index >= 15 is 0 Å². The summed E-state index contributed by atoms with van der Waals surface area (Å²) in [6, 6.07) is 7.47. The van der Waals surface area contributed by atoms with Crippen molar-refractivity contribution in [2.24, 2.45) is 5.41 Å². The highest BCUT2D eigenvalue weighted by atomic mass is 16.5. The van der Waals surface area contributed by atoms with Crippen molar-refractivity contribution in [3.8, 4) is 0 Å². The van der Waals surface area contributed by atoms with Crippen molar-refractivity contribution in [3.05, 3.63) is 41.5 Å². The highest BCUT2D eigenvalue weighted by molar-refractivity contribution is 6.02. The van der Waals surface area contributed by atoms with E-state index in [1.54, 1.807) is 6.07 Å². The minimum Gasteiger partial charge on any atom is -0.423 e. The molecule has 0 saturated heterocycles. The Bertz CT molecular complexity index is 436. The van der Waals surface area contributed by atoms with Crippen LogP contribution in [0.15, 0.2) is 30.3 Å². The maximum Gasteiger partial charge on any atom is 0.344 e.